The molecule has 1 amide bonds. The van der Waals surface area contributed by atoms with E-state index in [1.165, 1.54) is 6.08 Å². The van der Waals surface area contributed by atoms with Gasteiger partial charge in [0.05, 0.1) is 12.6 Å². The maximum atomic E-state index is 12.7. The molecule has 178 valence electrons. The molecule has 2 N–H and O–H groups in total. The summed E-state index contributed by atoms with van der Waals surface area (Å²) < 4.78 is 37.6. The van der Waals surface area contributed by atoms with Crippen molar-refractivity contribution < 1.29 is 18.0 Å². The third kappa shape index (κ3) is 9.87. The second-order valence-electron chi connectivity index (χ2n) is 7.48. The number of benzene rings is 1. The Balaban J connectivity index is 2.92. The van der Waals surface area contributed by atoms with Gasteiger partial charge in [-0.25, -0.2) is 5.43 Å². The monoisotopic (exact) mass is 472 g/mol. The van der Waals surface area contributed by atoms with Crippen LogP contribution in [0, 0.1) is 6.92 Å². The van der Waals surface area contributed by atoms with E-state index >= 15 is 0 Å². The number of nitrogens with one attached hydrogen (secondary N) is 2. The van der Waals surface area contributed by atoms with Gasteiger partial charge in [0.15, 0.2) is 0 Å². The molecule has 1 aromatic rings. The number of hydrazine groups is 1. The van der Waals surface area contributed by atoms with E-state index in [-0.39, 0.29) is 11.9 Å². The van der Waals surface area contributed by atoms with Gasteiger partial charge in [0.1, 0.15) is 5.71 Å². The fraction of sp³-hybridized carbons (Fsp3) is 0.478. The third-order valence-electron chi connectivity index (χ3n) is 4.58. The molecule has 0 aromatic heterocycles. The van der Waals surface area contributed by atoms with Crippen LogP contribution >= 0.6 is 11.6 Å². The predicted molar refractivity (Wildman–Crippen MR) is 125 cm³/mol. The number of aryl methyl sites for hydroxylation is 1. The number of rotatable bonds is 11. The van der Waals surface area contributed by atoms with Crippen LogP contribution in [-0.2, 0) is 0 Å². The van der Waals surface area contributed by atoms with Crippen molar-refractivity contribution in [2.24, 2.45) is 4.99 Å². The highest BCUT2D eigenvalue weighted by molar-refractivity contribution is 6.31. The smallest absolute Gasteiger partial charge is 0.346 e. The Morgan fingerprint density at radius 3 is 2.50 bits per heavy atom. The van der Waals surface area contributed by atoms with Gasteiger partial charge in [0, 0.05) is 29.5 Å². The van der Waals surface area contributed by atoms with Gasteiger partial charge in [-0.15, -0.1) is 0 Å². The zero-order valence-corrected chi connectivity index (χ0v) is 19.9. The van der Waals surface area contributed by atoms with Gasteiger partial charge in [-0.1, -0.05) is 25.4 Å². The lowest BCUT2D eigenvalue weighted by atomic mass is 10.1. The molecule has 1 aromatic carbocycles. The quantitative estimate of drug-likeness (QED) is 0.315. The molecule has 0 bridgehead atoms. The fourth-order valence-electron chi connectivity index (χ4n) is 2.80. The zero-order chi connectivity index (χ0) is 24.3. The van der Waals surface area contributed by atoms with Crippen molar-refractivity contribution in [1.29, 1.82) is 0 Å². The van der Waals surface area contributed by atoms with Gasteiger partial charge >= 0.3 is 6.18 Å². The Hall–Kier alpha value is -2.32. The molecule has 0 heterocycles. The van der Waals surface area contributed by atoms with Crippen LogP contribution in [0.1, 0.15) is 56.5 Å². The number of nitrogens with zero attached hydrogens (tertiary/aromatic N) is 2. The summed E-state index contributed by atoms with van der Waals surface area (Å²) in [6, 6.07) is 4.96. The Kier molecular flexibility index (Phi) is 11.5. The SMILES string of the molecule is CCCNN(/C=C(\C)[C@H](CC)NC(=O)c1cc(C)cc(Cl)c1)C/C=C\N=C(C)C(F)(F)F. The number of hydrogen-bond donors (Lipinski definition) is 2. The highest BCUT2D eigenvalue weighted by Gasteiger charge is 2.31. The molecule has 0 saturated carbocycles. The van der Waals surface area contributed by atoms with Gasteiger partial charge in [-0.05, 0) is 69.0 Å². The molecule has 0 saturated heterocycles. The van der Waals surface area contributed by atoms with Crippen molar-refractivity contribution >= 4 is 23.2 Å². The second-order valence-corrected chi connectivity index (χ2v) is 7.92. The van der Waals surface area contributed by atoms with Crippen LogP contribution in [0.2, 0.25) is 5.02 Å². The number of halogens is 4. The molecule has 1 atom stereocenters. The summed E-state index contributed by atoms with van der Waals surface area (Å²) in [6.07, 6.45) is 1.64. The van der Waals surface area contributed by atoms with Crippen molar-refractivity contribution in [2.75, 3.05) is 13.1 Å². The van der Waals surface area contributed by atoms with E-state index in [0.29, 0.717) is 30.1 Å². The van der Waals surface area contributed by atoms with Crippen LogP contribution in [0.4, 0.5) is 13.2 Å². The van der Waals surface area contributed by atoms with E-state index in [1.807, 2.05) is 33.9 Å². The van der Waals surface area contributed by atoms with E-state index in [1.54, 1.807) is 23.2 Å². The lowest BCUT2D eigenvalue weighted by Crippen LogP contribution is -2.38. The van der Waals surface area contributed by atoms with Crippen LogP contribution in [0.15, 0.2) is 47.2 Å². The topological polar surface area (TPSA) is 56.7 Å². The maximum Gasteiger partial charge on any atom is 0.429 e. The Labute approximate surface area is 193 Å². The minimum Gasteiger partial charge on any atom is -0.346 e. The highest BCUT2D eigenvalue weighted by Crippen LogP contribution is 2.17. The van der Waals surface area contributed by atoms with Crippen LogP contribution in [-0.4, -0.2) is 41.9 Å². The molecule has 0 aliphatic heterocycles. The second kappa shape index (κ2) is 13.3. The highest BCUT2D eigenvalue weighted by atomic mass is 35.5. The number of alkyl halides is 3. The van der Waals surface area contributed by atoms with Crippen molar-refractivity contribution in [3.05, 3.63) is 58.4 Å². The first kappa shape index (κ1) is 27.7. The van der Waals surface area contributed by atoms with Gasteiger partial charge in [0.25, 0.3) is 5.91 Å². The first-order valence-electron chi connectivity index (χ1n) is 10.5. The van der Waals surface area contributed by atoms with Gasteiger partial charge in [-0.2, -0.15) is 13.2 Å². The molecule has 9 heteroatoms. The van der Waals surface area contributed by atoms with Crippen LogP contribution in [0.25, 0.3) is 0 Å². The zero-order valence-electron chi connectivity index (χ0n) is 19.2. The molecule has 0 fully saturated rings. The largest absolute Gasteiger partial charge is 0.429 e. The number of carbonyl (C=O) groups is 1. The van der Waals surface area contributed by atoms with Crippen molar-refractivity contribution in [3.63, 3.8) is 0 Å². The van der Waals surface area contributed by atoms with Gasteiger partial charge in [0.2, 0.25) is 0 Å². The summed E-state index contributed by atoms with van der Waals surface area (Å²) in [5.41, 5.74) is 4.58. The fourth-order valence-corrected chi connectivity index (χ4v) is 3.09. The summed E-state index contributed by atoms with van der Waals surface area (Å²) in [5, 5.41) is 5.28. The summed E-state index contributed by atoms with van der Waals surface area (Å²) in [6.45, 7) is 9.67. The minimum absolute atomic E-state index is 0.220. The average Bonchev–Trinajstić information content (AvgIpc) is 2.70. The summed E-state index contributed by atoms with van der Waals surface area (Å²) in [4.78, 5) is 16.1. The molecule has 0 spiro atoms. The molecule has 1 rings (SSSR count). The molecule has 0 unspecified atom stereocenters. The lowest BCUT2D eigenvalue weighted by Gasteiger charge is -2.24. The Morgan fingerprint density at radius 1 is 1.25 bits per heavy atom. The molecule has 0 radical (unpaired) electrons. The number of carbonyl (C=O) groups excluding carboxylic acids is 1. The Morgan fingerprint density at radius 2 is 1.94 bits per heavy atom. The molecule has 32 heavy (non-hydrogen) atoms. The third-order valence-corrected chi connectivity index (χ3v) is 4.80. The summed E-state index contributed by atoms with van der Waals surface area (Å²) in [5.74, 6) is -0.222. The van der Waals surface area contributed by atoms with Crippen LogP contribution in [0.3, 0.4) is 0 Å². The molecular formula is C23H32ClF3N4O. The normalized spacial score (nSPS) is 14.0. The van der Waals surface area contributed by atoms with E-state index in [2.05, 4.69) is 15.7 Å². The summed E-state index contributed by atoms with van der Waals surface area (Å²) >= 11 is 6.07. The first-order chi connectivity index (χ1) is 15.0. The summed E-state index contributed by atoms with van der Waals surface area (Å²) in [7, 11) is 0. The Bertz CT molecular complexity index is 830. The van der Waals surface area contributed by atoms with E-state index in [9.17, 15) is 18.0 Å². The van der Waals surface area contributed by atoms with E-state index < -0.39 is 11.9 Å². The molecule has 0 aliphatic carbocycles. The van der Waals surface area contributed by atoms with Crippen LogP contribution < -0.4 is 10.7 Å². The van der Waals surface area contributed by atoms with E-state index in [4.69, 9.17) is 11.6 Å². The van der Waals surface area contributed by atoms with Crippen molar-refractivity contribution in [3.8, 4) is 0 Å². The van der Waals surface area contributed by atoms with Crippen LogP contribution in [0.5, 0.6) is 0 Å². The van der Waals surface area contributed by atoms with Gasteiger partial charge < -0.3 is 10.3 Å². The van der Waals surface area contributed by atoms with Crippen molar-refractivity contribution in [1.82, 2.24) is 15.8 Å². The molecule has 5 nitrogen and oxygen atoms in total. The van der Waals surface area contributed by atoms with E-state index in [0.717, 1.165) is 30.7 Å². The lowest BCUT2D eigenvalue weighted by molar-refractivity contribution is -0.0591. The van der Waals surface area contributed by atoms with Gasteiger partial charge in [-0.3, -0.25) is 9.79 Å². The first-order valence-corrected chi connectivity index (χ1v) is 10.9. The average molecular weight is 473 g/mol. The molecule has 0 aliphatic rings. The standard InChI is InChI=1S/C23H32ClF3N4O/c1-6-9-29-31(11-8-10-28-18(5)23(25,26)27)15-17(4)21(7-2)30-22(32)19-12-16(3)13-20(24)14-19/h8,10,12-15,21,29H,6-7,9,11H2,1-5H3,(H,30,32)/b10-8-,17-15+,28-18?/t21-/m0/s1. The number of hydrogen-bond acceptors (Lipinski definition) is 4. The number of aliphatic imine (C=N–C) groups is 1. The maximum absolute atomic E-state index is 12.7. The number of amides is 1. The van der Waals surface area contributed by atoms with Crippen molar-refractivity contribution in [2.45, 2.75) is 59.7 Å². The molecular weight excluding hydrogens is 441 g/mol. The predicted octanol–water partition coefficient (Wildman–Crippen LogP) is 5.81. The minimum atomic E-state index is -4.44.